The Labute approximate surface area is 621 Å². The van der Waals surface area contributed by atoms with Gasteiger partial charge < -0.3 is 9.80 Å². The van der Waals surface area contributed by atoms with Crippen molar-refractivity contribution in [1.82, 2.24) is 0 Å². The Kier molecular flexibility index (Phi) is 18.7. The molecule has 0 unspecified atom stereocenters. The molecule has 500 valence electrons. The van der Waals surface area contributed by atoms with Crippen molar-refractivity contribution in [2.75, 3.05) is 9.80 Å². The van der Waals surface area contributed by atoms with E-state index >= 15 is 0 Å². The predicted molar refractivity (Wildman–Crippen MR) is 452 cm³/mol. The summed E-state index contributed by atoms with van der Waals surface area (Å²) in [5.41, 5.74) is 30.8. The van der Waals surface area contributed by atoms with Crippen LogP contribution >= 0.6 is 0 Å². The molecule has 18 rings (SSSR count). The zero-order valence-corrected chi connectivity index (χ0v) is 58.6. The number of benzene rings is 18. The van der Waals surface area contributed by atoms with Crippen LogP contribution in [0.4, 0.5) is 34.1 Å². The third kappa shape index (κ3) is 14.0. The minimum absolute atomic E-state index is 1.10. The summed E-state index contributed by atoms with van der Waals surface area (Å²) in [6.07, 6.45) is 0. The minimum Gasteiger partial charge on any atom is -0.311 e. The highest BCUT2D eigenvalue weighted by Crippen LogP contribution is 2.45. The van der Waals surface area contributed by atoms with Gasteiger partial charge in [0.25, 0.3) is 0 Å². The molecule has 0 aliphatic rings. The van der Waals surface area contributed by atoms with E-state index in [1.807, 2.05) is 0 Å². The van der Waals surface area contributed by atoms with Crippen LogP contribution in [0.1, 0.15) is 0 Å². The van der Waals surface area contributed by atoms with Gasteiger partial charge in [-0.25, -0.2) is 0 Å². The monoisotopic (exact) mass is 1350 g/mol. The lowest BCUT2D eigenvalue weighted by atomic mass is 9.88. The first kappa shape index (κ1) is 65.4. The van der Waals surface area contributed by atoms with E-state index in [2.05, 4.69) is 459 Å². The van der Waals surface area contributed by atoms with Crippen molar-refractivity contribution < 1.29 is 0 Å². The Bertz CT molecular complexity index is 5790. The highest BCUT2D eigenvalue weighted by Gasteiger charge is 2.20. The molecule has 2 heteroatoms. The maximum Gasteiger partial charge on any atom is 0.0462 e. The van der Waals surface area contributed by atoms with Crippen molar-refractivity contribution in [3.05, 3.63) is 449 Å². The summed E-state index contributed by atoms with van der Waals surface area (Å²) in [6, 6.07) is 162. The third-order valence-electron chi connectivity index (χ3n) is 20.2. The van der Waals surface area contributed by atoms with Gasteiger partial charge in [0.05, 0.1) is 0 Å². The SMILES string of the molecule is c1ccc(-c2ccc(-c3c(-c4ccc(N(c5ccc(-c6ccccc6)cc5)c5ccc(-c6ccccc6)cc5)cc4)ccc4ccccc34)cc2)cc1.c1ccc(-c2ccc(N(c3ccc(-c4ccccc4)cc3)c3ccc(-c4ccc5ccccc5c4-c4cccc(-c5ccccc5)c4)cc3)cc2)cc1. The smallest absolute Gasteiger partial charge is 0.0462 e. The molecule has 0 fully saturated rings. The van der Waals surface area contributed by atoms with Crippen LogP contribution < -0.4 is 9.80 Å². The summed E-state index contributed by atoms with van der Waals surface area (Å²) >= 11 is 0. The fraction of sp³-hybridized carbons (Fsp3) is 0. The molecule has 106 heavy (non-hydrogen) atoms. The van der Waals surface area contributed by atoms with Gasteiger partial charge in [-0.2, -0.15) is 0 Å². The van der Waals surface area contributed by atoms with Crippen LogP contribution in [0.25, 0.3) is 133 Å². The van der Waals surface area contributed by atoms with Gasteiger partial charge >= 0.3 is 0 Å². The number of nitrogens with zero attached hydrogens (tertiary/aromatic N) is 2. The second-order valence-corrected chi connectivity index (χ2v) is 26.7. The minimum atomic E-state index is 1.10. The first-order valence-corrected chi connectivity index (χ1v) is 36.4. The van der Waals surface area contributed by atoms with E-state index in [1.165, 1.54) is 133 Å². The van der Waals surface area contributed by atoms with E-state index in [4.69, 9.17) is 0 Å². The van der Waals surface area contributed by atoms with Crippen molar-refractivity contribution in [2.45, 2.75) is 0 Å². The van der Waals surface area contributed by atoms with E-state index in [-0.39, 0.29) is 0 Å². The molecule has 18 aromatic rings. The topological polar surface area (TPSA) is 6.48 Å². The average molecular weight is 1350 g/mol. The molecule has 0 saturated heterocycles. The molecule has 0 aromatic heterocycles. The lowest BCUT2D eigenvalue weighted by Crippen LogP contribution is -2.09. The fourth-order valence-corrected chi connectivity index (χ4v) is 14.8. The second kappa shape index (κ2) is 30.3. The number of hydrogen-bond donors (Lipinski definition) is 0. The first-order chi connectivity index (χ1) is 52.6. The lowest BCUT2D eigenvalue weighted by molar-refractivity contribution is 1.28. The van der Waals surface area contributed by atoms with E-state index in [0.29, 0.717) is 0 Å². The lowest BCUT2D eigenvalue weighted by Gasteiger charge is -2.26. The molecule has 0 N–H and O–H groups in total. The number of fused-ring (bicyclic) bond motifs is 2. The fourth-order valence-electron chi connectivity index (χ4n) is 14.8. The van der Waals surface area contributed by atoms with Gasteiger partial charge in [-0.3, -0.25) is 0 Å². The highest BCUT2D eigenvalue weighted by molar-refractivity contribution is 6.06. The Hall–Kier alpha value is -13.9. The Morgan fingerprint density at radius 2 is 0.330 bits per heavy atom. The number of anilines is 6. The van der Waals surface area contributed by atoms with Gasteiger partial charge in [0, 0.05) is 34.1 Å². The van der Waals surface area contributed by atoms with Crippen LogP contribution in [-0.4, -0.2) is 0 Å². The van der Waals surface area contributed by atoms with Crippen LogP contribution in [0.3, 0.4) is 0 Å². The zero-order valence-electron chi connectivity index (χ0n) is 58.6. The summed E-state index contributed by atoms with van der Waals surface area (Å²) in [5, 5.41) is 4.97. The van der Waals surface area contributed by atoms with Crippen molar-refractivity contribution in [3.8, 4) is 111 Å². The summed E-state index contributed by atoms with van der Waals surface area (Å²) in [4.78, 5) is 4.69. The third-order valence-corrected chi connectivity index (χ3v) is 20.2. The Balaban J connectivity index is 0.000000156. The van der Waals surface area contributed by atoms with Crippen molar-refractivity contribution in [3.63, 3.8) is 0 Å². The molecule has 2 nitrogen and oxygen atoms in total. The average Bonchev–Trinajstić information content (AvgIpc) is 0.771. The molecule has 0 radical (unpaired) electrons. The standard InChI is InChI=1S/2C52H37N/c1-4-13-38(14-5-1)41-23-30-47(31-24-41)53(48-32-25-42(26-33-48)39-15-6-2-7-16-39)49-34-27-44(28-35-49)51-36-29-43-19-10-11-22-50(43)52(51)46-21-12-20-45(37-46)40-17-8-3-9-18-40;1-4-12-38(13-5-1)41-20-22-46(23-21-41)52-50-19-11-10-18-44(50)30-37-51(52)45-28-35-49(36-29-45)53(47-31-24-42(25-32-47)39-14-6-2-7-15-39)48-33-26-43(27-34-48)40-16-8-3-9-17-40/h2*1-37H. The van der Waals surface area contributed by atoms with E-state index < -0.39 is 0 Å². The van der Waals surface area contributed by atoms with Gasteiger partial charge in [0.1, 0.15) is 0 Å². The van der Waals surface area contributed by atoms with E-state index in [1.54, 1.807) is 0 Å². The van der Waals surface area contributed by atoms with Crippen LogP contribution in [0.2, 0.25) is 0 Å². The van der Waals surface area contributed by atoms with Crippen LogP contribution in [-0.2, 0) is 0 Å². The van der Waals surface area contributed by atoms with E-state index in [0.717, 1.165) is 34.1 Å². The molecule has 0 spiro atoms. The summed E-state index contributed by atoms with van der Waals surface area (Å²) in [7, 11) is 0. The molecular formula is C104H74N2. The van der Waals surface area contributed by atoms with Crippen LogP contribution in [0, 0.1) is 0 Å². The molecule has 0 bridgehead atoms. The van der Waals surface area contributed by atoms with Crippen molar-refractivity contribution in [1.29, 1.82) is 0 Å². The molecular weight excluding hydrogens is 1280 g/mol. The van der Waals surface area contributed by atoms with Crippen LogP contribution in [0.15, 0.2) is 449 Å². The van der Waals surface area contributed by atoms with Gasteiger partial charge in [-0.15, -0.1) is 0 Å². The summed E-state index contributed by atoms with van der Waals surface area (Å²) in [6.45, 7) is 0. The molecule has 0 atom stereocenters. The normalized spacial score (nSPS) is 11.0. The Morgan fingerprint density at radius 3 is 0.632 bits per heavy atom. The zero-order chi connectivity index (χ0) is 70.8. The predicted octanol–water partition coefficient (Wildman–Crippen LogP) is 29.3. The maximum absolute atomic E-state index is 2.35. The number of rotatable bonds is 16. The highest BCUT2D eigenvalue weighted by atomic mass is 15.1. The maximum atomic E-state index is 2.35. The Morgan fingerprint density at radius 1 is 0.123 bits per heavy atom. The second-order valence-electron chi connectivity index (χ2n) is 26.7. The van der Waals surface area contributed by atoms with Gasteiger partial charge in [-0.1, -0.05) is 370 Å². The first-order valence-electron chi connectivity index (χ1n) is 36.4. The molecule has 0 aliphatic heterocycles. The molecule has 0 aliphatic carbocycles. The molecule has 18 aromatic carbocycles. The van der Waals surface area contributed by atoms with E-state index in [9.17, 15) is 0 Å². The van der Waals surface area contributed by atoms with Crippen molar-refractivity contribution in [2.24, 2.45) is 0 Å². The van der Waals surface area contributed by atoms with Gasteiger partial charge in [0.15, 0.2) is 0 Å². The molecule has 0 heterocycles. The van der Waals surface area contributed by atoms with Crippen molar-refractivity contribution >= 4 is 55.7 Å². The van der Waals surface area contributed by atoms with Gasteiger partial charge in [-0.05, 0) is 212 Å². The quantitative estimate of drug-likeness (QED) is 0.0951. The summed E-state index contributed by atoms with van der Waals surface area (Å²) in [5.74, 6) is 0. The molecule has 0 amide bonds. The largest absolute Gasteiger partial charge is 0.311 e. The van der Waals surface area contributed by atoms with Crippen LogP contribution in [0.5, 0.6) is 0 Å². The van der Waals surface area contributed by atoms with Gasteiger partial charge in [0.2, 0.25) is 0 Å². The number of hydrogen-bond acceptors (Lipinski definition) is 2. The molecule has 0 saturated carbocycles. The summed E-state index contributed by atoms with van der Waals surface area (Å²) < 4.78 is 0.